The number of rotatable bonds is 1. The molecule has 0 saturated carbocycles. The highest BCUT2D eigenvalue weighted by atomic mass is 35.5. The highest BCUT2D eigenvalue weighted by molar-refractivity contribution is 6.33. The van der Waals surface area contributed by atoms with Crippen molar-refractivity contribution in [3.63, 3.8) is 0 Å². The fourth-order valence-electron chi connectivity index (χ4n) is 2.70. The van der Waals surface area contributed by atoms with Gasteiger partial charge in [-0.2, -0.15) is 5.10 Å². The van der Waals surface area contributed by atoms with Crippen molar-refractivity contribution in [2.45, 2.75) is 6.92 Å². The Balaban J connectivity index is 2.02. The average molecular weight is 363 g/mol. The van der Waals surface area contributed by atoms with E-state index in [1.54, 1.807) is 13.0 Å². The third-order valence-electron chi connectivity index (χ3n) is 3.93. The van der Waals surface area contributed by atoms with Gasteiger partial charge in [0.25, 0.3) is 0 Å². The predicted molar refractivity (Wildman–Crippen MR) is 89.9 cm³/mol. The van der Waals surface area contributed by atoms with Gasteiger partial charge in [-0.1, -0.05) is 17.7 Å². The minimum atomic E-state index is -0.802. The first-order valence-electron chi connectivity index (χ1n) is 7.30. The Morgan fingerprint density at radius 1 is 1.04 bits per heavy atom. The molecule has 0 atom stereocenters. The summed E-state index contributed by atoms with van der Waals surface area (Å²) in [6, 6.07) is 6.28. The highest BCUT2D eigenvalue weighted by Crippen LogP contribution is 2.41. The fourth-order valence-corrected chi connectivity index (χ4v) is 2.87. The number of aromatic amines is 1. The summed E-state index contributed by atoms with van der Waals surface area (Å²) >= 11 is 6.09. The van der Waals surface area contributed by atoms with E-state index >= 15 is 0 Å². The molecule has 0 radical (unpaired) electrons. The zero-order chi connectivity index (χ0) is 17.7. The van der Waals surface area contributed by atoms with Crippen LogP contribution in [0.3, 0.4) is 0 Å². The number of H-pyrrole nitrogens is 1. The zero-order valence-electron chi connectivity index (χ0n) is 12.8. The smallest absolute Gasteiger partial charge is 0.150 e. The van der Waals surface area contributed by atoms with Gasteiger partial charge in [0.05, 0.1) is 11.3 Å². The topological polar surface area (TPSA) is 53.1 Å². The number of nitrogens with zero attached hydrogens (tertiary/aromatic N) is 2. The second-order valence-corrected chi connectivity index (χ2v) is 5.94. The van der Waals surface area contributed by atoms with Gasteiger partial charge in [-0.3, -0.25) is 5.10 Å². The molecule has 8 heteroatoms. The van der Waals surface area contributed by atoms with Crippen LogP contribution in [0.2, 0.25) is 5.15 Å². The number of aryl methyl sites for hydroxylation is 1. The molecule has 0 unspecified atom stereocenters. The Labute approximate surface area is 145 Å². The van der Waals surface area contributed by atoms with Crippen molar-refractivity contribution in [1.29, 1.82) is 0 Å². The summed E-state index contributed by atoms with van der Waals surface area (Å²) in [6.07, 6.45) is 0. The van der Waals surface area contributed by atoms with Gasteiger partial charge in [0, 0.05) is 5.56 Å². The molecule has 0 aliphatic carbocycles. The third kappa shape index (κ3) is 2.47. The van der Waals surface area contributed by atoms with E-state index in [0.717, 1.165) is 12.1 Å². The van der Waals surface area contributed by atoms with Crippen LogP contribution in [0.5, 0.6) is 0 Å². The van der Waals surface area contributed by atoms with Crippen molar-refractivity contribution < 1.29 is 13.2 Å². The Bertz CT molecular complexity index is 1020. The van der Waals surface area contributed by atoms with E-state index in [9.17, 15) is 13.2 Å². The van der Waals surface area contributed by atoms with E-state index in [2.05, 4.69) is 20.5 Å². The summed E-state index contributed by atoms with van der Waals surface area (Å²) in [5.41, 5.74) is 1.42. The minimum Gasteiger partial charge on any atom is -0.339 e. The number of aliphatic imine (C=N–C) groups is 1. The van der Waals surface area contributed by atoms with Crippen LogP contribution in [0.25, 0.3) is 11.3 Å². The van der Waals surface area contributed by atoms with E-state index in [4.69, 9.17) is 11.6 Å². The summed E-state index contributed by atoms with van der Waals surface area (Å²) < 4.78 is 42.4. The van der Waals surface area contributed by atoms with Crippen molar-refractivity contribution in [1.82, 2.24) is 10.2 Å². The SMILES string of the molecule is Cc1cc2c(cc1F)NC(c1c(F)cccc1F)=Nc1c-2n[nH]c1Cl. The monoisotopic (exact) mass is 362 g/mol. The van der Waals surface area contributed by atoms with Gasteiger partial charge in [0.1, 0.15) is 34.7 Å². The van der Waals surface area contributed by atoms with Crippen molar-refractivity contribution in [3.8, 4) is 11.3 Å². The first kappa shape index (κ1) is 15.7. The molecule has 126 valence electrons. The molecular formula is C17H10ClF3N4. The van der Waals surface area contributed by atoms with E-state index in [-0.39, 0.29) is 27.9 Å². The summed E-state index contributed by atoms with van der Waals surface area (Å²) in [5, 5.41) is 9.58. The summed E-state index contributed by atoms with van der Waals surface area (Å²) in [6.45, 7) is 1.60. The molecule has 0 bridgehead atoms. The molecule has 4 nitrogen and oxygen atoms in total. The molecule has 0 spiro atoms. The van der Waals surface area contributed by atoms with Crippen molar-refractivity contribution in [2.24, 2.45) is 4.99 Å². The number of halogens is 4. The average Bonchev–Trinajstić information content (AvgIpc) is 2.83. The number of hydrogen-bond acceptors (Lipinski definition) is 3. The molecule has 0 fully saturated rings. The van der Waals surface area contributed by atoms with Gasteiger partial charge in [0.15, 0.2) is 5.15 Å². The van der Waals surface area contributed by atoms with Crippen LogP contribution in [0.15, 0.2) is 35.3 Å². The summed E-state index contributed by atoms with van der Waals surface area (Å²) in [5.74, 6) is -2.20. The lowest BCUT2D eigenvalue weighted by atomic mass is 10.0. The Kier molecular flexibility index (Phi) is 3.54. The minimum absolute atomic E-state index is 0.112. The van der Waals surface area contributed by atoms with E-state index in [1.807, 2.05) is 0 Å². The molecule has 25 heavy (non-hydrogen) atoms. The number of benzene rings is 2. The maximum Gasteiger partial charge on any atom is 0.150 e. The molecule has 2 heterocycles. The quantitative estimate of drug-likeness (QED) is 0.643. The van der Waals surface area contributed by atoms with Crippen LogP contribution in [0.4, 0.5) is 24.5 Å². The lowest BCUT2D eigenvalue weighted by Crippen LogP contribution is -2.17. The predicted octanol–water partition coefficient (Wildman–Crippen LogP) is 4.96. The van der Waals surface area contributed by atoms with Gasteiger partial charge in [0.2, 0.25) is 0 Å². The molecular weight excluding hydrogens is 353 g/mol. The molecule has 3 aromatic rings. The first-order chi connectivity index (χ1) is 12.0. The molecule has 4 rings (SSSR count). The number of fused-ring (bicyclic) bond motifs is 3. The number of aromatic nitrogens is 2. The lowest BCUT2D eigenvalue weighted by Gasteiger charge is -2.13. The standard InChI is InChI=1S/C17H10ClF3N4/c1-7-5-8-12(6-11(7)21)22-17(13-9(19)3-2-4-10(13)20)23-15-14(8)24-25-16(15)18/h2-6H,1H3,(H,22,23)(H,24,25). The normalized spacial score (nSPS) is 12.8. The number of nitrogens with one attached hydrogen (secondary N) is 2. The van der Waals surface area contributed by atoms with Crippen LogP contribution in [0.1, 0.15) is 11.1 Å². The van der Waals surface area contributed by atoms with E-state index in [1.165, 1.54) is 12.1 Å². The van der Waals surface area contributed by atoms with E-state index < -0.39 is 17.5 Å². The number of anilines is 1. The largest absolute Gasteiger partial charge is 0.339 e. The maximum absolute atomic E-state index is 14.2. The molecule has 0 amide bonds. The molecule has 1 aromatic heterocycles. The van der Waals surface area contributed by atoms with Crippen LogP contribution < -0.4 is 5.32 Å². The molecule has 0 saturated heterocycles. The van der Waals surface area contributed by atoms with Crippen molar-refractivity contribution in [2.75, 3.05) is 5.32 Å². The maximum atomic E-state index is 14.2. The number of hydrogen-bond donors (Lipinski definition) is 2. The van der Waals surface area contributed by atoms with Crippen LogP contribution in [-0.2, 0) is 0 Å². The Morgan fingerprint density at radius 2 is 1.76 bits per heavy atom. The lowest BCUT2D eigenvalue weighted by molar-refractivity contribution is 0.579. The molecule has 2 N–H and O–H groups in total. The molecule has 1 aliphatic heterocycles. The second kappa shape index (κ2) is 5.63. The van der Waals surface area contributed by atoms with Gasteiger partial charge in [-0.25, -0.2) is 18.2 Å². The Hall–Kier alpha value is -2.80. The zero-order valence-corrected chi connectivity index (χ0v) is 13.5. The van der Waals surface area contributed by atoms with E-state index in [0.29, 0.717) is 16.8 Å². The van der Waals surface area contributed by atoms with Crippen molar-refractivity contribution >= 4 is 28.8 Å². The van der Waals surface area contributed by atoms with Gasteiger partial charge < -0.3 is 5.32 Å². The highest BCUT2D eigenvalue weighted by Gasteiger charge is 2.25. The summed E-state index contributed by atoms with van der Waals surface area (Å²) in [4.78, 5) is 4.24. The number of amidine groups is 1. The third-order valence-corrected chi connectivity index (χ3v) is 4.19. The van der Waals surface area contributed by atoms with Crippen LogP contribution >= 0.6 is 11.6 Å². The summed E-state index contributed by atoms with van der Waals surface area (Å²) in [7, 11) is 0. The Morgan fingerprint density at radius 3 is 2.48 bits per heavy atom. The van der Waals surface area contributed by atoms with Crippen molar-refractivity contribution in [3.05, 3.63) is 64.1 Å². The van der Waals surface area contributed by atoms with Crippen LogP contribution in [-0.4, -0.2) is 16.0 Å². The first-order valence-corrected chi connectivity index (χ1v) is 7.68. The van der Waals surface area contributed by atoms with Gasteiger partial charge in [-0.15, -0.1) is 0 Å². The second-order valence-electron chi connectivity index (χ2n) is 5.56. The van der Waals surface area contributed by atoms with Crippen LogP contribution in [0, 0.1) is 24.4 Å². The molecule has 2 aromatic carbocycles. The van der Waals surface area contributed by atoms with Gasteiger partial charge in [-0.05, 0) is 36.8 Å². The molecule has 1 aliphatic rings. The fraction of sp³-hybridized carbons (Fsp3) is 0.0588. The van der Waals surface area contributed by atoms with Gasteiger partial charge >= 0.3 is 0 Å².